The van der Waals surface area contributed by atoms with Crippen LogP contribution in [0.15, 0.2) is 12.1 Å². The van der Waals surface area contributed by atoms with Crippen molar-refractivity contribution in [3.05, 3.63) is 28.8 Å². The summed E-state index contributed by atoms with van der Waals surface area (Å²) in [4.78, 5) is 0. The Morgan fingerprint density at radius 2 is 2.15 bits per heavy atom. The highest BCUT2D eigenvalue weighted by Crippen LogP contribution is 2.25. The number of hydrogen-bond acceptors (Lipinski definition) is 2. The number of rotatable bonds is 2. The molecule has 0 aliphatic carbocycles. The van der Waals surface area contributed by atoms with Crippen molar-refractivity contribution in [1.82, 2.24) is 0 Å². The lowest BCUT2D eigenvalue weighted by Gasteiger charge is -2.08. The molecule has 0 atom stereocenters. The third kappa shape index (κ3) is 2.90. The second-order valence-corrected chi connectivity index (χ2v) is 4.86. The number of hydrogen-bond donors (Lipinski definition) is 1. The maximum absolute atomic E-state index is 10.9. The average molecular weight is 219 g/mol. The summed E-state index contributed by atoms with van der Waals surface area (Å²) in [6.07, 6.45) is 1.08. The standard InChI is InChI=1S/C8H9ClNO2S/c1-6-4-3-5-7(9)8(6)10-13(2,11)12/h3,5,10H,1-2H3. The summed E-state index contributed by atoms with van der Waals surface area (Å²) in [5.41, 5.74) is 1.07. The summed E-state index contributed by atoms with van der Waals surface area (Å²) >= 11 is 5.79. The van der Waals surface area contributed by atoms with E-state index in [4.69, 9.17) is 11.6 Å². The van der Waals surface area contributed by atoms with E-state index in [2.05, 4.69) is 10.8 Å². The molecule has 5 heteroatoms. The van der Waals surface area contributed by atoms with E-state index in [1.165, 1.54) is 0 Å². The van der Waals surface area contributed by atoms with Crippen molar-refractivity contribution < 1.29 is 8.42 Å². The molecule has 1 aromatic rings. The van der Waals surface area contributed by atoms with Crippen LogP contribution in [0.3, 0.4) is 0 Å². The van der Waals surface area contributed by atoms with Crippen LogP contribution in [0.5, 0.6) is 0 Å². The first-order valence-electron chi connectivity index (χ1n) is 3.55. The molecule has 0 aliphatic rings. The zero-order valence-electron chi connectivity index (χ0n) is 7.26. The van der Waals surface area contributed by atoms with Crippen LogP contribution in [0.2, 0.25) is 5.02 Å². The summed E-state index contributed by atoms with van der Waals surface area (Å²) < 4.78 is 24.2. The number of halogens is 1. The molecule has 1 radical (unpaired) electrons. The number of aryl methyl sites for hydroxylation is 1. The predicted molar refractivity (Wildman–Crippen MR) is 53.5 cm³/mol. The van der Waals surface area contributed by atoms with Crippen LogP contribution < -0.4 is 4.72 Å². The van der Waals surface area contributed by atoms with Gasteiger partial charge in [0.15, 0.2) is 0 Å². The molecule has 1 aromatic carbocycles. The molecule has 0 unspecified atom stereocenters. The SMILES string of the molecule is Cc1[c]ccc(Cl)c1NS(C)(=O)=O. The quantitative estimate of drug-likeness (QED) is 0.823. The van der Waals surface area contributed by atoms with E-state index in [0.717, 1.165) is 6.26 Å². The predicted octanol–water partition coefficient (Wildman–Crippen LogP) is 1.82. The number of anilines is 1. The third-order valence-electron chi connectivity index (χ3n) is 1.43. The Morgan fingerprint density at radius 3 is 2.62 bits per heavy atom. The highest BCUT2D eigenvalue weighted by Gasteiger charge is 2.08. The van der Waals surface area contributed by atoms with E-state index in [0.29, 0.717) is 16.3 Å². The highest BCUT2D eigenvalue weighted by atomic mass is 35.5. The lowest BCUT2D eigenvalue weighted by atomic mass is 10.2. The zero-order chi connectivity index (χ0) is 10.1. The van der Waals surface area contributed by atoms with E-state index in [-0.39, 0.29) is 0 Å². The smallest absolute Gasteiger partial charge is 0.229 e. The van der Waals surface area contributed by atoms with Gasteiger partial charge in [-0.15, -0.1) is 0 Å². The van der Waals surface area contributed by atoms with Crippen LogP contribution in [0.4, 0.5) is 5.69 Å². The summed E-state index contributed by atoms with van der Waals surface area (Å²) in [6, 6.07) is 6.08. The Labute approximate surface area is 82.8 Å². The fourth-order valence-electron chi connectivity index (χ4n) is 0.885. The normalized spacial score (nSPS) is 11.3. The maximum atomic E-state index is 10.9. The second-order valence-electron chi connectivity index (χ2n) is 2.70. The van der Waals surface area contributed by atoms with Gasteiger partial charge >= 0.3 is 0 Å². The van der Waals surface area contributed by atoms with Gasteiger partial charge in [0, 0.05) is 0 Å². The Morgan fingerprint density at radius 1 is 1.54 bits per heavy atom. The van der Waals surface area contributed by atoms with Crippen molar-refractivity contribution in [1.29, 1.82) is 0 Å². The van der Waals surface area contributed by atoms with Gasteiger partial charge in [-0.2, -0.15) is 0 Å². The van der Waals surface area contributed by atoms with Gasteiger partial charge in [0.2, 0.25) is 10.0 Å². The average Bonchev–Trinajstić information content (AvgIpc) is 1.95. The van der Waals surface area contributed by atoms with Crippen LogP contribution in [0.1, 0.15) is 5.56 Å². The van der Waals surface area contributed by atoms with E-state index in [1.807, 2.05) is 0 Å². The van der Waals surface area contributed by atoms with E-state index >= 15 is 0 Å². The topological polar surface area (TPSA) is 46.2 Å². The molecule has 3 nitrogen and oxygen atoms in total. The molecule has 1 N–H and O–H groups in total. The maximum Gasteiger partial charge on any atom is 0.229 e. The van der Waals surface area contributed by atoms with Gasteiger partial charge in [0.25, 0.3) is 0 Å². The lowest BCUT2D eigenvalue weighted by Crippen LogP contribution is -2.10. The second kappa shape index (κ2) is 3.55. The molecular weight excluding hydrogens is 210 g/mol. The van der Waals surface area contributed by atoms with Crippen LogP contribution in [-0.4, -0.2) is 14.7 Å². The fourth-order valence-corrected chi connectivity index (χ4v) is 1.83. The first kappa shape index (κ1) is 10.3. The van der Waals surface area contributed by atoms with E-state index in [9.17, 15) is 8.42 Å². The fraction of sp³-hybridized carbons (Fsp3) is 0.250. The summed E-state index contributed by atoms with van der Waals surface area (Å²) in [5.74, 6) is 0. The van der Waals surface area contributed by atoms with E-state index in [1.54, 1.807) is 19.1 Å². The summed E-state index contributed by atoms with van der Waals surface area (Å²) in [7, 11) is -3.28. The molecule has 0 aliphatic heterocycles. The monoisotopic (exact) mass is 218 g/mol. The van der Waals surface area contributed by atoms with Gasteiger partial charge in [-0.1, -0.05) is 17.7 Å². The highest BCUT2D eigenvalue weighted by molar-refractivity contribution is 7.92. The minimum atomic E-state index is -3.28. The number of sulfonamides is 1. The van der Waals surface area contributed by atoms with Gasteiger partial charge in [-0.3, -0.25) is 4.72 Å². The van der Waals surface area contributed by atoms with Crippen LogP contribution in [0, 0.1) is 13.0 Å². The minimum Gasteiger partial charge on any atom is -0.282 e. The van der Waals surface area contributed by atoms with Crippen LogP contribution in [0.25, 0.3) is 0 Å². The summed E-state index contributed by atoms with van der Waals surface area (Å²) in [5, 5.41) is 0.377. The minimum absolute atomic E-state index is 0.377. The van der Waals surface area contributed by atoms with Crippen molar-refractivity contribution in [2.75, 3.05) is 11.0 Å². The molecule has 0 saturated carbocycles. The molecule has 0 bridgehead atoms. The lowest BCUT2D eigenvalue weighted by molar-refractivity contribution is 0.607. The molecule has 0 saturated heterocycles. The first-order chi connectivity index (χ1) is 5.90. The first-order valence-corrected chi connectivity index (χ1v) is 5.81. The van der Waals surface area contributed by atoms with Crippen LogP contribution >= 0.6 is 11.6 Å². The van der Waals surface area contributed by atoms with Gasteiger partial charge in [-0.25, -0.2) is 8.42 Å². The number of nitrogens with one attached hydrogen (secondary N) is 1. The molecular formula is C8H9ClNO2S. The Bertz CT molecular complexity index is 394. The van der Waals surface area contributed by atoms with Gasteiger partial charge in [0.05, 0.1) is 17.0 Å². The van der Waals surface area contributed by atoms with Crippen molar-refractivity contribution in [2.24, 2.45) is 0 Å². The van der Waals surface area contributed by atoms with Crippen molar-refractivity contribution in [3.63, 3.8) is 0 Å². The molecule has 0 spiro atoms. The largest absolute Gasteiger partial charge is 0.282 e. The Hall–Kier alpha value is -0.740. The van der Waals surface area contributed by atoms with Gasteiger partial charge in [0.1, 0.15) is 0 Å². The van der Waals surface area contributed by atoms with Crippen molar-refractivity contribution in [2.45, 2.75) is 6.92 Å². The number of benzene rings is 1. The molecule has 1 rings (SSSR count). The van der Waals surface area contributed by atoms with Crippen LogP contribution in [-0.2, 0) is 10.0 Å². The third-order valence-corrected chi connectivity index (χ3v) is 2.32. The van der Waals surface area contributed by atoms with Gasteiger partial charge in [-0.05, 0) is 24.6 Å². The molecule has 0 aromatic heterocycles. The molecule has 13 heavy (non-hydrogen) atoms. The molecule has 0 fully saturated rings. The molecule has 71 valence electrons. The molecule has 0 heterocycles. The summed E-state index contributed by atoms with van der Waals surface area (Å²) in [6.45, 7) is 1.74. The Balaban J connectivity index is 3.15. The molecule has 0 amide bonds. The van der Waals surface area contributed by atoms with Crippen molar-refractivity contribution in [3.8, 4) is 0 Å². The van der Waals surface area contributed by atoms with E-state index < -0.39 is 10.0 Å². The van der Waals surface area contributed by atoms with Crippen molar-refractivity contribution >= 4 is 27.3 Å². The zero-order valence-corrected chi connectivity index (χ0v) is 8.83. The Kier molecular flexibility index (Phi) is 2.83. The van der Waals surface area contributed by atoms with Gasteiger partial charge < -0.3 is 0 Å².